The summed E-state index contributed by atoms with van der Waals surface area (Å²) in [5.41, 5.74) is 4.37. The maximum absolute atomic E-state index is 13.4. The third kappa shape index (κ3) is 5.72. The summed E-state index contributed by atoms with van der Waals surface area (Å²) in [6, 6.07) is 23.1. The van der Waals surface area contributed by atoms with Crippen molar-refractivity contribution in [3.63, 3.8) is 0 Å². The van der Waals surface area contributed by atoms with Crippen LogP contribution in [0.15, 0.2) is 82.3 Å². The van der Waals surface area contributed by atoms with E-state index in [1.165, 1.54) is 4.88 Å². The molecule has 1 N–H and O–H groups in total. The number of carbonyl (C=O) groups excluding carboxylic acids is 1. The topological polar surface area (TPSA) is 50.7 Å². The standard InChI is InChI=1S/C29H24BrClN2O2S/c30-24-16-21(31)15-20(27(24)35-18-19-9-3-1-4-10-19)17-32-29-26(23-13-7-8-14-25(23)36-29)28(34)33-22-11-5-2-6-12-22/h1-6,9-12,15-17H,7-8,13-14,18H2,(H,33,34). The van der Waals surface area contributed by atoms with Crippen molar-refractivity contribution in [1.29, 1.82) is 0 Å². The number of benzene rings is 3. The maximum Gasteiger partial charge on any atom is 0.259 e. The number of aryl methyl sites for hydroxylation is 1. The number of halogens is 2. The molecular formula is C29H24BrClN2O2S. The lowest BCUT2D eigenvalue weighted by Crippen LogP contribution is -2.14. The second kappa shape index (κ2) is 11.4. The van der Waals surface area contributed by atoms with Gasteiger partial charge in [-0.25, -0.2) is 4.99 Å². The molecule has 7 heteroatoms. The minimum atomic E-state index is -0.124. The van der Waals surface area contributed by atoms with E-state index in [1.807, 2.05) is 72.8 Å². The zero-order chi connectivity index (χ0) is 24.9. The lowest BCUT2D eigenvalue weighted by Gasteiger charge is -2.13. The molecule has 1 heterocycles. The molecule has 36 heavy (non-hydrogen) atoms. The largest absolute Gasteiger partial charge is 0.487 e. The number of nitrogens with one attached hydrogen (secondary N) is 1. The number of rotatable bonds is 7. The third-order valence-electron chi connectivity index (χ3n) is 6.00. The van der Waals surface area contributed by atoms with Gasteiger partial charge < -0.3 is 10.1 Å². The van der Waals surface area contributed by atoms with Crippen LogP contribution in [0, 0.1) is 0 Å². The van der Waals surface area contributed by atoms with Crippen molar-refractivity contribution in [1.82, 2.24) is 0 Å². The summed E-state index contributed by atoms with van der Waals surface area (Å²) < 4.78 is 6.91. The number of nitrogens with zero attached hydrogens (tertiary/aromatic N) is 1. The first-order valence-corrected chi connectivity index (χ1v) is 13.8. The van der Waals surface area contributed by atoms with Crippen LogP contribution in [0.25, 0.3) is 0 Å². The molecule has 0 aliphatic heterocycles. The minimum absolute atomic E-state index is 0.124. The highest BCUT2D eigenvalue weighted by Crippen LogP contribution is 2.41. The summed E-state index contributed by atoms with van der Waals surface area (Å²) in [7, 11) is 0. The van der Waals surface area contributed by atoms with E-state index >= 15 is 0 Å². The van der Waals surface area contributed by atoms with Crippen LogP contribution in [0.5, 0.6) is 5.75 Å². The van der Waals surface area contributed by atoms with Crippen LogP contribution in [0.4, 0.5) is 10.7 Å². The van der Waals surface area contributed by atoms with E-state index < -0.39 is 0 Å². The van der Waals surface area contributed by atoms with Gasteiger partial charge in [-0.15, -0.1) is 11.3 Å². The first-order chi connectivity index (χ1) is 17.6. The first-order valence-electron chi connectivity index (χ1n) is 11.8. The fourth-order valence-corrected chi connectivity index (χ4v) is 6.46. The number of hydrogen-bond acceptors (Lipinski definition) is 4. The van der Waals surface area contributed by atoms with E-state index in [1.54, 1.807) is 17.6 Å². The van der Waals surface area contributed by atoms with Gasteiger partial charge in [-0.05, 0) is 77.0 Å². The molecule has 1 aromatic heterocycles. The fourth-order valence-electron chi connectivity index (χ4n) is 4.28. The van der Waals surface area contributed by atoms with Crippen LogP contribution in [-0.4, -0.2) is 12.1 Å². The predicted molar refractivity (Wildman–Crippen MR) is 153 cm³/mol. The van der Waals surface area contributed by atoms with Gasteiger partial charge in [0.25, 0.3) is 5.91 Å². The van der Waals surface area contributed by atoms with Crippen molar-refractivity contribution in [3.8, 4) is 5.75 Å². The molecule has 3 aromatic carbocycles. The van der Waals surface area contributed by atoms with E-state index in [4.69, 9.17) is 21.3 Å². The molecule has 0 bridgehead atoms. The van der Waals surface area contributed by atoms with Gasteiger partial charge in [0.15, 0.2) is 0 Å². The number of ether oxygens (including phenoxy) is 1. The number of hydrogen-bond donors (Lipinski definition) is 1. The van der Waals surface area contributed by atoms with Crippen LogP contribution in [0.1, 0.15) is 44.8 Å². The van der Waals surface area contributed by atoms with Gasteiger partial charge in [0.1, 0.15) is 17.4 Å². The molecular weight excluding hydrogens is 556 g/mol. The zero-order valence-corrected chi connectivity index (χ0v) is 22.6. The number of amides is 1. The summed E-state index contributed by atoms with van der Waals surface area (Å²) in [6.07, 6.45) is 5.84. The Labute approximate surface area is 228 Å². The van der Waals surface area contributed by atoms with E-state index in [-0.39, 0.29) is 5.91 Å². The Balaban J connectivity index is 1.47. The molecule has 0 radical (unpaired) electrons. The van der Waals surface area contributed by atoms with Gasteiger partial charge in [-0.2, -0.15) is 0 Å². The molecule has 4 nitrogen and oxygen atoms in total. The van der Waals surface area contributed by atoms with E-state index in [0.29, 0.717) is 27.9 Å². The average molecular weight is 580 g/mol. The van der Waals surface area contributed by atoms with Gasteiger partial charge in [0.2, 0.25) is 0 Å². The van der Waals surface area contributed by atoms with Crippen molar-refractivity contribution < 1.29 is 9.53 Å². The monoisotopic (exact) mass is 578 g/mol. The highest BCUT2D eigenvalue weighted by Gasteiger charge is 2.25. The van der Waals surface area contributed by atoms with E-state index in [0.717, 1.165) is 52.5 Å². The lowest BCUT2D eigenvalue weighted by molar-refractivity contribution is 0.102. The SMILES string of the molecule is O=C(Nc1ccccc1)c1c(N=Cc2cc(Cl)cc(Br)c2OCc2ccccc2)sc2c1CCCC2. The number of para-hydroxylation sites is 1. The van der Waals surface area contributed by atoms with Crippen LogP contribution in [0.2, 0.25) is 5.02 Å². The zero-order valence-electron chi connectivity index (χ0n) is 19.5. The van der Waals surface area contributed by atoms with Crippen molar-refractivity contribution in [2.75, 3.05) is 5.32 Å². The number of anilines is 1. The Hall–Kier alpha value is -2.93. The van der Waals surface area contributed by atoms with Crippen LogP contribution in [0.3, 0.4) is 0 Å². The molecule has 4 aromatic rings. The van der Waals surface area contributed by atoms with Crippen LogP contribution in [-0.2, 0) is 19.4 Å². The van der Waals surface area contributed by atoms with E-state index in [2.05, 4.69) is 21.2 Å². The normalized spacial score (nSPS) is 12.9. The van der Waals surface area contributed by atoms with Gasteiger partial charge in [0.05, 0.1) is 10.0 Å². The average Bonchev–Trinajstić information content (AvgIpc) is 3.26. The highest BCUT2D eigenvalue weighted by atomic mass is 79.9. The molecule has 0 saturated heterocycles. The Bertz CT molecular complexity index is 1400. The summed E-state index contributed by atoms with van der Waals surface area (Å²) >= 11 is 11.6. The Morgan fingerprint density at radius 2 is 1.78 bits per heavy atom. The Morgan fingerprint density at radius 3 is 2.56 bits per heavy atom. The molecule has 0 spiro atoms. The Kier molecular flexibility index (Phi) is 7.85. The molecule has 0 saturated carbocycles. The fraction of sp³-hybridized carbons (Fsp3) is 0.172. The Morgan fingerprint density at radius 1 is 1.06 bits per heavy atom. The number of aliphatic imine (C=N–C) groups is 1. The summed E-state index contributed by atoms with van der Waals surface area (Å²) in [5, 5.41) is 4.32. The lowest BCUT2D eigenvalue weighted by atomic mass is 9.95. The van der Waals surface area contributed by atoms with Gasteiger partial charge in [-0.1, -0.05) is 60.1 Å². The number of thiophene rings is 1. The minimum Gasteiger partial charge on any atom is -0.487 e. The molecule has 0 atom stereocenters. The second-order valence-electron chi connectivity index (χ2n) is 8.55. The summed E-state index contributed by atoms with van der Waals surface area (Å²) in [6.45, 7) is 0.417. The molecule has 182 valence electrons. The van der Waals surface area contributed by atoms with Crippen LogP contribution >= 0.6 is 38.9 Å². The second-order valence-corrected chi connectivity index (χ2v) is 10.9. The maximum atomic E-state index is 13.4. The van der Waals surface area contributed by atoms with Gasteiger partial charge >= 0.3 is 0 Å². The molecule has 0 fully saturated rings. The molecule has 1 amide bonds. The molecule has 0 unspecified atom stereocenters. The van der Waals surface area contributed by atoms with E-state index in [9.17, 15) is 4.79 Å². The number of fused-ring (bicyclic) bond motifs is 1. The smallest absolute Gasteiger partial charge is 0.259 e. The highest BCUT2D eigenvalue weighted by molar-refractivity contribution is 9.10. The summed E-state index contributed by atoms with van der Waals surface area (Å²) in [4.78, 5) is 19.4. The van der Waals surface area contributed by atoms with Crippen molar-refractivity contribution in [3.05, 3.63) is 109 Å². The van der Waals surface area contributed by atoms with Crippen LogP contribution < -0.4 is 10.1 Å². The molecule has 1 aliphatic rings. The quantitative estimate of drug-likeness (QED) is 0.223. The molecule has 5 rings (SSSR count). The van der Waals surface area contributed by atoms with Crippen molar-refractivity contribution in [2.24, 2.45) is 4.99 Å². The summed E-state index contributed by atoms with van der Waals surface area (Å²) in [5.74, 6) is 0.532. The van der Waals surface area contributed by atoms with Gasteiger partial charge in [0, 0.05) is 27.4 Å². The first kappa shape index (κ1) is 24.8. The van der Waals surface area contributed by atoms with Crippen molar-refractivity contribution in [2.45, 2.75) is 32.3 Å². The van der Waals surface area contributed by atoms with Gasteiger partial charge in [-0.3, -0.25) is 4.79 Å². The third-order valence-corrected chi connectivity index (χ3v) is 8.00. The molecule has 1 aliphatic carbocycles. The van der Waals surface area contributed by atoms with Crippen molar-refractivity contribution >= 4 is 61.7 Å². The predicted octanol–water partition coefficient (Wildman–Crippen LogP) is 8.62. The number of carbonyl (C=O) groups is 1.